The SMILES string of the molecule is CCOc1c(Br)cc(C(=O)NNC(=O)CCc2ccccc2OC)cc1OC. The van der Waals surface area contributed by atoms with E-state index < -0.39 is 5.91 Å². The third-order valence-electron chi connectivity index (χ3n) is 3.91. The summed E-state index contributed by atoms with van der Waals surface area (Å²) in [6, 6.07) is 10.6. The first-order valence-corrected chi connectivity index (χ1v) is 9.50. The van der Waals surface area contributed by atoms with Crippen molar-refractivity contribution in [3.63, 3.8) is 0 Å². The van der Waals surface area contributed by atoms with Crippen LogP contribution in [-0.4, -0.2) is 32.6 Å². The van der Waals surface area contributed by atoms with E-state index in [2.05, 4.69) is 26.8 Å². The van der Waals surface area contributed by atoms with Gasteiger partial charge in [0, 0.05) is 12.0 Å². The van der Waals surface area contributed by atoms with Crippen LogP contribution >= 0.6 is 15.9 Å². The molecule has 2 aromatic carbocycles. The Morgan fingerprint density at radius 1 is 1.04 bits per heavy atom. The maximum absolute atomic E-state index is 12.4. The molecule has 2 amide bonds. The highest BCUT2D eigenvalue weighted by molar-refractivity contribution is 9.10. The van der Waals surface area contributed by atoms with E-state index in [0.717, 1.165) is 11.3 Å². The van der Waals surface area contributed by atoms with Crippen LogP contribution in [0, 0.1) is 0 Å². The zero-order valence-corrected chi connectivity index (χ0v) is 17.6. The lowest BCUT2D eigenvalue weighted by Crippen LogP contribution is -2.41. The summed E-state index contributed by atoms with van der Waals surface area (Å²) in [6.45, 7) is 2.32. The van der Waals surface area contributed by atoms with Gasteiger partial charge in [0.1, 0.15) is 5.75 Å². The van der Waals surface area contributed by atoms with Crippen molar-refractivity contribution in [1.29, 1.82) is 0 Å². The number of amides is 2. The maximum Gasteiger partial charge on any atom is 0.269 e. The molecule has 0 bridgehead atoms. The van der Waals surface area contributed by atoms with Crippen LogP contribution in [-0.2, 0) is 11.2 Å². The predicted octanol–water partition coefficient (Wildman–Crippen LogP) is 3.26. The molecule has 0 aromatic heterocycles. The van der Waals surface area contributed by atoms with E-state index in [0.29, 0.717) is 34.6 Å². The second kappa shape index (κ2) is 10.6. The highest BCUT2D eigenvalue weighted by atomic mass is 79.9. The minimum Gasteiger partial charge on any atom is -0.496 e. The van der Waals surface area contributed by atoms with Crippen molar-refractivity contribution in [2.45, 2.75) is 19.8 Å². The van der Waals surface area contributed by atoms with Gasteiger partial charge in [0.25, 0.3) is 5.91 Å². The molecule has 0 spiro atoms. The van der Waals surface area contributed by atoms with Crippen molar-refractivity contribution in [2.75, 3.05) is 20.8 Å². The van der Waals surface area contributed by atoms with Crippen molar-refractivity contribution in [2.24, 2.45) is 0 Å². The zero-order valence-electron chi connectivity index (χ0n) is 16.0. The summed E-state index contributed by atoms with van der Waals surface area (Å²) in [5, 5.41) is 0. The fraction of sp³-hybridized carbons (Fsp3) is 0.300. The molecule has 0 fully saturated rings. The molecule has 0 saturated carbocycles. The molecule has 0 unspecified atom stereocenters. The second-order valence-electron chi connectivity index (χ2n) is 5.74. The normalized spacial score (nSPS) is 10.1. The largest absolute Gasteiger partial charge is 0.496 e. The summed E-state index contributed by atoms with van der Waals surface area (Å²) < 4.78 is 16.6. The Hall–Kier alpha value is -2.74. The van der Waals surface area contributed by atoms with Crippen LogP contribution in [0.3, 0.4) is 0 Å². The van der Waals surface area contributed by atoms with Crippen LogP contribution in [0.1, 0.15) is 29.3 Å². The molecule has 0 aliphatic heterocycles. The van der Waals surface area contributed by atoms with Crippen LogP contribution in [0.4, 0.5) is 0 Å². The van der Waals surface area contributed by atoms with Gasteiger partial charge in [-0.05, 0) is 53.0 Å². The number of ether oxygens (including phenoxy) is 3. The number of hydrogen-bond donors (Lipinski definition) is 2. The van der Waals surface area contributed by atoms with Crippen LogP contribution in [0.5, 0.6) is 17.2 Å². The number of carbonyl (C=O) groups is 2. The van der Waals surface area contributed by atoms with E-state index in [9.17, 15) is 9.59 Å². The van der Waals surface area contributed by atoms with Gasteiger partial charge in [0.15, 0.2) is 11.5 Å². The Morgan fingerprint density at radius 2 is 1.75 bits per heavy atom. The lowest BCUT2D eigenvalue weighted by molar-refractivity contribution is -0.121. The van der Waals surface area contributed by atoms with Crippen LogP contribution in [0.2, 0.25) is 0 Å². The first-order chi connectivity index (χ1) is 13.5. The number of halogens is 1. The molecular formula is C20H23BrN2O5. The average Bonchev–Trinajstić information content (AvgIpc) is 2.71. The van der Waals surface area contributed by atoms with Crippen molar-refractivity contribution >= 4 is 27.7 Å². The van der Waals surface area contributed by atoms with Gasteiger partial charge >= 0.3 is 0 Å². The number of carbonyl (C=O) groups excluding carboxylic acids is 2. The van der Waals surface area contributed by atoms with E-state index in [1.54, 1.807) is 19.2 Å². The van der Waals surface area contributed by atoms with Gasteiger partial charge < -0.3 is 14.2 Å². The smallest absolute Gasteiger partial charge is 0.269 e. The van der Waals surface area contributed by atoms with Crippen molar-refractivity contribution in [3.05, 3.63) is 52.0 Å². The van der Waals surface area contributed by atoms with Crippen LogP contribution in [0.15, 0.2) is 40.9 Å². The molecule has 0 aliphatic carbocycles. The van der Waals surface area contributed by atoms with Crippen LogP contribution < -0.4 is 25.1 Å². The number of hydrazine groups is 1. The van der Waals surface area contributed by atoms with Gasteiger partial charge in [0.05, 0.1) is 25.3 Å². The summed E-state index contributed by atoms with van der Waals surface area (Å²) in [5.41, 5.74) is 6.07. The highest BCUT2D eigenvalue weighted by Gasteiger charge is 2.16. The zero-order chi connectivity index (χ0) is 20.5. The third-order valence-corrected chi connectivity index (χ3v) is 4.50. The van der Waals surface area contributed by atoms with Gasteiger partial charge in [-0.15, -0.1) is 0 Å². The molecular weight excluding hydrogens is 428 g/mol. The predicted molar refractivity (Wildman–Crippen MR) is 109 cm³/mol. The van der Waals surface area contributed by atoms with Gasteiger partial charge in [-0.25, -0.2) is 0 Å². The quantitative estimate of drug-likeness (QED) is 0.602. The molecule has 0 saturated heterocycles. The van der Waals surface area contributed by atoms with E-state index in [-0.39, 0.29) is 12.3 Å². The Balaban J connectivity index is 1.94. The fourth-order valence-corrected chi connectivity index (χ4v) is 3.11. The van der Waals surface area contributed by atoms with E-state index in [4.69, 9.17) is 14.2 Å². The van der Waals surface area contributed by atoms with Gasteiger partial charge in [0.2, 0.25) is 5.91 Å². The maximum atomic E-state index is 12.4. The van der Waals surface area contributed by atoms with Crippen LogP contribution in [0.25, 0.3) is 0 Å². The summed E-state index contributed by atoms with van der Waals surface area (Å²) in [7, 11) is 3.08. The van der Waals surface area contributed by atoms with Crippen molar-refractivity contribution in [3.8, 4) is 17.2 Å². The number of methoxy groups -OCH3 is 2. The van der Waals surface area contributed by atoms with Gasteiger partial charge in [-0.1, -0.05) is 18.2 Å². The number of rotatable bonds is 8. The molecule has 2 N–H and O–H groups in total. The Labute approximate surface area is 172 Å². The van der Waals surface area contributed by atoms with Crippen molar-refractivity contribution < 1.29 is 23.8 Å². The fourth-order valence-electron chi connectivity index (χ4n) is 2.55. The second-order valence-corrected chi connectivity index (χ2v) is 6.59. The molecule has 28 heavy (non-hydrogen) atoms. The van der Waals surface area contributed by atoms with Crippen molar-refractivity contribution in [1.82, 2.24) is 10.9 Å². The Morgan fingerprint density at radius 3 is 2.43 bits per heavy atom. The topological polar surface area (TPSA) is 85.9 Å². The molecule has 0 heterocycles. The molecule has 2 rings (SSSR count). The van der Waals surface area contributed by atoms with E-state index in [1.807, 2.05) is 31.2 Å². The number of para-hydroxylation sites is 1. The molecule has 0 radical (unpaired) electrons. The standard InChI is InChI=1S/C20H23BrN2O5/c1-4-28-19-15(21)11-14(12-17(19)27-3)20(25)23-22-18(24)10-9-13-7-5-6-8-16(13)26-2/h5-8,11-12H,4,9-10H2,1-3H3,(H,22,24)(H,23,25). The number of hydrogen-bond acceptors (Lipinski definition) is 5. The highest BCUT2D eigenvalue weighted by Crippen LogP contribution is 2.36. The minimum atomic E-state index is -0.465. The van der Waals surface area contributed by atoms with E-state index >= 15 is 0 Å². The summed E-state index contributed by atoms with van der Waals surface area (Å²) in [5.74, 6) is 0.890. The first kappa shape index (κ1) is 21.6. The summed E-state index contributed by atoms with van der Waals surface area (Å²) in [4.78, 5) is 24.4. The lowest BCUT2D eigenvalue weighted by atomic mass is 10.1. The summed E-state index contributed by atoms with van der Waals surface area (Å²) in [6.07, 6.45) is 0.699. The summed E-state index contributed by atoms with van der Waals surface area (Å²) >= 11 is 3.37. The Kier molecular flexibility index (Phi) is 8.13. The average molecular weight is 451 g/mol. The number of nitrogens with one attached hydrogen (secondary N) is 2. The Bertz CT molecular complexity index is 841. The molecule has 0 atom stereocenters. The number of aryl methyl sites for hydroxylation is 1. The third kappa shape index (κ3) is 5.63. The molecule has 150 valence electrons. The molecule has 0 aliphatic rings. The number of benzene rings is 2. The molecule has 7 nitrogen and oxygen atoms in total. The minimum absolute atomic E-state index is 0.205. The molecule has 8 heteroatoms. The molecule has 2 aromatic rings. The monoisotopic (exact) mass is 450 g/mol. The van der Waals surface area contributed by atoms with E-state index in [1.165, 1.54) is 7.11 Å². The lowest BCUT2D eigenvalue weighted by Gasteiger charge is -2.14. The van der Waals surface area contributed by atoms with Gasteiger partial charge in [-0.2, -0.15) is 0 Å². The first-order valence-electron chi connectivity index (χ1n) is 8.71. The van der Waals surface area contributed by atoms with Gasteiger partial charge in [-0.3, -0.25) is 20.4 Å².